The van der Waals surface area contributed by atoms with E-state index in [9.17, 15) is 9.59 Å². The van der Waals surface area contributed by atoms with E-state index < -0.39 is 0 Å². The smallest absolute Gasteiger partial charge is 0.264 e. The van der Waals surface area contributed by atoms with Gasteiger partial charge in [0.1, 0.15) is 0 Å². The number of benzene rings is 3. The first-order chi connectivity index (χ1) is 17.9. The Morgan fingerprint density at radius 1 is 0.865 bits per heavy atom. The summed E-state index contributed by atoms with van der Waals surface area (Å²) in [7, 11) is 0. The van der Waals surface area contributed by atoms with E-state index in [1.165, 1.54) is 11.3 Å². The van der Waals surface area contributed by atoms with Crippen molar-refractivity contribution in [3.8, 4) is 0 Å². The zero-order valence-corrected chi connectivity index (χ0v) is 22.7. The molecule has 2 N–H and O–H groups in total. The maximum Gasteiger partial charge on any atom is 0.264 e. The minimum absolute atomic E-state index is 0.0717. The molecular formula is C27H22Cl2N4O2S2. The minimum atomic E-state index is -0.331. The third-order valence-corrected chi connectivity index (χ3v) is 7.88. The number of carbonyl (C=O) groups excluding carboxylic acids is 2. The number of anilines is 2. The third-order valence-electron chi connectivity index (χ3n) is 6.19. The number of hydrogen-bond acceptors (Lipinski definition) is 5. The highest BCUT2D eigenvalue weighted by atomic mass is 35.5. The SMILES string of the molecule is O=C(NC(=S)Nc1ccc(N2CCN(C(=O)c3cccs3)CC2)c(Cl)c1)c1cccc2c(Cl)cccc12. The first kappa shape index (κ1) is 25.5. The van der Waals surface area contributed by atoms with Gasteiger partial charge in [0.25, 0.3) is 11.8 Å². The number of thiocarbonyl (C=S) groups is 1. The van der Waals surface area contributed by atoms with Crippen molar-refractivity contribution >= 4 is 85.8 Å². The molecule has 0 atom stereocenters. The van der Waals surface area contributed by atoms with Crippen molar-refractivity contribution in [3.05, 3.63) is 92.6 Å². The van der Waals surface area contributed by atoms with Crippen LogP contribution in [0, 0.1) is 0 Å². The molecule has 0 bridgehead atoms. The number of nitrogens with zero attached hydrogens (tertiary/aromatic N) is 2. The Labute approximate surface area is 233 Å². The second kappa shape index (κ2) is 11.1. The monoisotopic (exact) mass is 568 g/mol. The van der Waals surface area contributed by atoms with E-state index in [4.69, 9.17) is 35.4 Å². The number of piperazine rings is 1. The van der Waals surface area contributed by atoms with Gasteiger partial charge < -0.3 is 15.1 Å². The van der Waals surface area contributed by atoms with Crippen molar-refractivity contribution < 1.29 is 9.59 Å². The van der Waals surface area contributed by atoms with E-state index in [0.29, 0.717) is 47.5 Å². The average Bonchev–Trinajstić information content (AvgIpc) is 3.43. The normalized spacial score (nSPS) is 13.5. The van der Waals surface area contributed by atoms with Crippen LogP contribution in [0.15, 0.2) is 72.1 Å². The molecule has 37 heavy (non-hydrogen) atoms. The van der Waals surface area contributed by atoms with Crippen molar-refractivity contribution in [1.82, 2.24) is 10.2 Å². The highest BCUT2D eigenvalue weighted by Gasteiger charge is 2.24. The molecule has 0 radical (unpaired) electrons. The molecule has 10 heteroatoms. The van der Waals surface area contributed by atoms with Gasteiger partial charge in [0.15, 0.2) is 5.11 Å². The summed E-state index contributed by atoms with van der Waals surface area (Å²) in [6.45, 7) is 2.63. The van der Waals surface area contributed by atoms with Gasteiger partial charge in [-0.05, 0) is 59.4 Å². The molecule has 188 valence electrons. The molecule has 2 amide bonds. The summed E-state index contributed by atoms with van der Waals surface area (Å²) in [6, 6.07) is 20.1. The Kier molecular flexibility index (Phi) is 7.62. The van der Waals surface area contributed by atoms with Gasteiger partial charge in [-0.1, -0.05) is 53.5 Å². The summed E-state index contributed by atoms with van der Waals surface area (Å²) in [4.78, 5) is 30.3. The number of nitrogens with one attached hydrogen (secondary N) is 2. The standard InChI is InChI=1S/C27H22Cl2N4O2S2/c28-21-7-2-4-18-19(21)5-1-6-20(18)25(34)31-27(36)30-17-9-10-23(22(29)16-17)32-11-13-33(14-12-32)26(35)24-8-3-15-37-24/h1-10,15-16H,11-14H2,(H2,30,31,34,36). The first-order valence-electron chi connectivity index (χ1n) is 11.6. The molecule has 3 aromatic carbocycles. The van der Waals surface area contributed by atoms with Crippen LogP contribution in [0.2, 0.25) is 10.0 Å². The molecule has 1 aliphatic heterocycles. The highest BCUT2D eigenvalue weighted by Crippen LogP contribution is 2.30. The van der Waals surface area contributed by atoms with Crippen LogP contribution in [0.3, 0.4) is 0 Å². The lowest BCUT2D eigenvalue weighted by Crippen LogP contribution is -2.48. The van der Waals surface area contributed by atoms with Crippen molar-refractivity contribution in [2.75, 3.05) is 36.4 Å². The van der Waals surface area contributed by atoms with Gasteiger partial charge in [0.2, 0.25) is 0 Å². The zero-order chi connectivity index (χ0) is 25.9. The first-order valence-corrected chi connectivity index (χ1v) is 13.6. The van der Waals surface area contributed by atoms with Crippen LogP contribution in [0.5, 0.6) is 0 Å². The molecule has 4 aromatic rings. The Bertz CT molecular complexity index is 1490. The molecule has 0 unspecified atom stereocenters. The van der Waals surface area contributed by atoms with Gasteiger partial charge in [0.05, 0.1) is 15.6 Å². The topological polar surface area (TPSA) is 64.7 Å². The fraction of sp³-hybridized carbons (Fsp3) is 0.148. The molecule has 2 heterocycles. The van der Waals surface area contributed by atoms with Crippen LogP contribution in [-0.4, -0.2) is 48.0 Å². The van der Waals surface area contributed by atoms with Crippen LogP contribution >= 0.6 is 46.8 Å². The van der Waals surface area contributed by atoms with Gasteiger partial charge in [0, 0.05) is 47.8 Å². The number of rotatable bonds is 4. The second-order valence-corrected chi connectivity index (χ2v) is 10.6. The van der Waals surface area contributed by atoms with Crippen LogP contribution in [0.1, 0.15) is 20.0 Å². The molecule has 0 aliphatic carbocycles. The van der Waals surface area contributed by atoms with Crippen molar-refractivity contribution in [1.29, 1.82) is 0 Å². The molecule has 1 fully saturated rings. The van der Waals surface area contributed by atoms with Crippen LogP contribution in [-0.2, 0) is 0 Å². The number of thiophene rings is 1. The lowest BCUT2D eigenvalue weighted by Gasteiger charge is -2.36. The molecule has 1 aromatic heterocycles. The van der Waals surface area contributed by atoms with E-state index in [1.54, 1.807) is 24.3 Å². The molecule has 6 nitrogen and oxygen atoms in total. The van der Waals surface area contributed by atoms with Crippen LogP contribution in [0.4, 0.5) is 11.4 Å². The van der Waals surface area contributed by atoms with Gasteiger partial charge >= 0.3 is 0 Å². The number of amides is 2. The summed E-state index contributed by atoms with van der Waals surface area (Å²) in [5.41, 5.74) is 2.03. The molecule has 0 spiro atoms. The van der Waals surface area contributed by atoms with E-state index in [2.05, 4.69) is 15.5 Å². The van der Waals surface area contributed by atoms with Gasteiger partial charge in [-0.3, -0.25) is 14.9 Å². The lowest BCUT2D eigenvalue weighted by molar-refractivity contribution is 0.0751. The fourth-order valence-electron chi connectivity index (χ4n) is 4.35. The minimum Gasteiger partial charge on any atom is -0.367 e. The quantitative estimate of drug-likeness (QED) is 0.283. The van der Waals surface area contributed by atoms with E-state index in [1.807, 2.05) is 52.7 Å². The molecule has 1 aliphatic rings. The Hall–Kier alpha value is -3.17. The number of hydrogen-bond donors (Lipinski definition) is 2. The summed E-state index contributed by atoms with van der Waals surface area (Å²) < 4.78 is 0. The van der Waals surface area contributed by atoms with E-state index in [-0.39, 0.29) is 16.9 Å². The van der Waals surface area contributed by atoms with Gasteiger partial charge in [-0.2, -0.15) is 0 Å². The number of carbonyl (C=O) groups is 2. The maximum absolute atomic E-state index is 12.9. The predicted octanol–water partition coefficient (Wildman–Crippen LogP) is 6.30. The Morgan fingerprint density at radius 3 is 2.35 bits per heavy atom. The van der Waals surface area contributed by atoms with Crippen molar-refractivity contribution in [2.24, 2.45) is 0 Å². The summed E-state index contributed by atoms with van der Waals surface area (Å²) in [5, 5.41) is 10.5. The average molecular weight is 570 g/mol. The summed E-state index contributed by atoms with van der Waals surface area (Å²) in [6.07, 6.45) is 0. The summed E-state index contributed by atoms with van der Waals surface area (Å²) >= 11 is 19.7. The molecule has 1 saturated heterocycles. The van der Waals surface area contributed by atoms with E-state index >= 15 is 0 Å². The molecule has 5 rings (SSSR count). The van der Waals surface area contributed by atoms with Crippen molar-refractivity contribution in [2.45, 2.75) is 0 Å². The summed E-state index contributed by atoms with van der Waals surface area (Å²) in [5.74, 6) is -0.259. The third kappa shape index (κ3) is 5.57. The largest absolute Gasteiger partial charge is 0.367 e. The number of fused-ring (bicyclic) bond motifs is 1. The van der Waals surface area contributed by atoms with E-state index in [0.717, 1.165) is 21.3 Å². The maximum atomic E-state index is 12.9. The van der Waals surface area contributed by atoms with Crippen LogP contribution < -0.4 is 15.5 Å². The lowest BCUT2D eigenvalue weighted by atomic mass is 10.0. The molecule has 0 saturated carbocycles. The van der Waals surface area contributed by atoms with Crippen molar-refractivity contribution in [3.63, 3.8) is 0 Å². The fourth-order valence-corrected chi connectivity index (χ4v) is 5.79. The van der Waals surface area contributed by atoms with Gasteiger partial charge in [-0.25, -0.2) is 0 Å². The van der Waals surface area contributed by atoms with Gasteiger partial charge in [-0.15, -0.1) is 11.3 Å². The second-order valence-electron chi connectivity index (χ2n) is 8.47. The zero-order valence-electron chi connectivity index (χ0n) is 19.5. The Morgan fingerprint density at radius 2 is 1.62 bits per heavy atom. The van der Waals surface area contributed by atoms with Crippen LogP contribution in [0.25, 0.3) is 10.8 Å². The predicted molar refractivity (Wildman–Crippen MR) is 157 cm³/mol. The molecular weight excluding hydrogens is 547 g/mol. The number of halogens is 2. The highest BCUT2D eigenvalue weighted by molar-refractivity contribution is 7.80. The Balaban J connectivity index is 1.20.